The zero-order chi connectivity index (χ0) is 9.80. The number of piperidine rings is 1. The van der Waals surface area contributed by atoms with E-state index in [0.717, 1.165) is 12.2 Å². The molecule has 14 heavy (non-hydrogen) atoms. The molecule has 1 unspecified atom stereocenters. The molecular weight excluding hydrogens is 174 g/mol. The highest BCUT2D eigenvalue weighted by Crippen LogP contribution is 2.24. The minimum absolute atomic E-state index is 0.511. The van der Waals surface area contributed by atoms with E-state index in [1.165, 1.54) is 24.8 Å². The molecule has 76 valence electrons. The van der Waals surface area contributed by atoms with Crippen molar-refractivity contribution >= 4 is 5.69 Å². The highest BCUT2D eigenvalue weighted by molar-refractivity contribution is 5.45. The second kappa shape index (κ2) is 4.44. The molecule has 3 nitrogen and oxygen atoms in total. The molecule has 0 saturated carbocycles. The lowest BCUT2D eigenvalue weighted by molar-refractivity contribution is 0.412. The van der Waals surface area contributed by atoms with Crippen LogP contribution in [0.15, 0.2) is 24.3 Å². The van der Waals surface area contributed by atoms with Gasteiger partial charge in [-0.25, -0.2) is 0 Å². The molecule has 0 spiro atoms. The first-order valence-electron chi connectivity index (χ1n) is 5.20. The minimum Gasteiger partial charge on any atom is -0.324 e. The number of nitrogens with two attached hydrogens (primary N) is 1. The van der Waals surface area contributed by atoms with Crippen LogP contribution in [0.25, 0.3) is 0 Å². The number of nitrogen functional groups attached to an aromatic ring is 1. The highest BCUT2D eigenvalue weighted by Gasteiger charge is 2.14. The molecule has 1 aromatic rings. The second-order valence-corrected chi connectivity index (χ2v) is 3.77. The van der Waals surface area contributed by atoms with Crippen molar-refractivity contribution in [1.29, 1.82) is 0 Å². The smallest absolute Gasteiger partial charge is 0.0488 e. The lowest BCUT2D eigenvalue weighted by Crippen LogP contribution is -2.26. The number of nitrogens with one attached hydrogen (secondary N) is 2. The van der Waals surface area contributed by atoms with Crippen LogP contribution in [0.2, 0.25) is 0 Å². The van der Waals surface area contributed by atoms with Gasteiger partial charge in [0.2, 0.25) is 0 Å². The van der Waals surface area contributed by atoms with Gasteiger partial charge in [0.05, 0.1) is 0 Å². The lowest BCUT2D eigenvalue weighted by atomic mass is 9.97. The Kier molecular flexibility index (Phi) is 3.01. The maximum Gasteiger partial charge on any atom is 0.0488 e. The van der Waals surface area contributed by atoms with Gasteiger partial charge in [0.25, 0.3) is 0 Å². The van der Waals surface area contributed by atoms with Gasteiger partial charge in [-0.3, -0.25) is 5.84 Å². The summed E-state index contributed by atoms with van der Waals surface area (Å²) in [6.07, 6.45) is 3.84. The fourth-order valence-corrected chi connectivity index (χ4v) is 1.98. The monoisotopic (exact) mass is 191 g/mol. The topological polar surface area (TPSA) is 50.1 Å². The summed E-state index contributed by atoms with van der Waals surface area (Å²) in [5.74, 6) is 5.38. The fraction of sp³-hybridized carbons (Fsp3) is 0.455. The van der Waals surface area contributed by atoms with Crippen LogP contribution in [0, 0.1) is 0 Å². The van der Waals surface area contributed by atoms with Crippen molar-refractivity contribution in [3.05, 3.63) is 29.8 Å². The number of anilines is 1. The van der Waals surface area contributed by atoms with Gasteiger partial charge in [-0.2, -0.15) is 0 Å². The average Bonchev–Trinajstić information content (AvgIpc) is 2.30. The Bertz CT molecular complexity index is 292. The van der Waals surface area contributed by atoms with E-state index in [1.54, 1.807) is 0 Å². The summed E-state index contributed by atoms with van der Waals surface area (Å²) in [5, 5.41) is 3.52. The maximum atomic E-state index is 5.38. The van der Waals surface area contributed by atoms with Crippen molar-refractivity contribution in [2.75, 3.05) is 12.0 Å². The van der Waals surface area contributed by atoms with E-state index >= 15 is 0 Å². The van der Waals surface area contributed by atoms with Crippen LogP contribution in [0.3, 0.4) is 0 Å². The van der Waals surface area contributed by atoms with Gasteiger partial charge in [0.1, 0.15) is 0 Å². The molecule has 0 aromatic heterocycles. The third-order valence-electron chi connectivity index (χ3n) is 2.77. The molecule has 2 rings (SSSR count). The molecule has 1 atom stereocenters. The molecule has 0 amide bonds. The molecule has 1 fully saturated rings. The summed E-state index contributed by atoms with van der Waals surface area (Å²) in [5.41, 5.74) is 4.99. The average molecular weight is 191 g/mol. The molecule has 1 aromatic carbocycles. The Labute approximate surface area is 84.7 Å². The first-order chi connectivity index (χ1) is 6.90. The van der Waals surface area contributed by atoms with E-state index in [2.05, 4.69) is 22.9 Å². The summed E-state index contributed by atoms with van der Waals surface area (Å²) in [6.45, 7) is 1.13. The van der Waals surface area contributed by atoms with Crippen LogP contribution in [0.4, 0.5) is 5.69 Å². The molecule has 4 N–H and O–H groups in total. The van der Waals surface area contributed by atoms with E-state index in [0.29, 0.717) is 6.04 Å². The van der Waals surface area contributed by atoms with Gasteiger partial charge in [0, 0.05) is 11.7 Å². The van der Waals surface area contributed by atoms with Crippen LogP contribution in [0.1, 0.15) is 30.9 Å². The predicted molar refractivity (Wildman–Crippen MR) is 58.8 cm³/mol. The Morgan fingerprint density at radius 2 is 2.29 bits per heavy atom. The van der Waals surface area contributed by atoms with E-state index < -0.39 is 0 Å². The van der Waals surface area contributed by atoms with Crippen LogP contribution >= 0.6 is 0 Å². The number of hydrogen-bond donors (Lipinski definition) is 3. The van der Waals surface area contributed by atoms with Gasteiger partial charge in [-0.05, 0) is 37.1 Å². The second-order valence-electron chi connectivity index (χ2n) is 3.77. The molecule has 1 saturated heterocycles. The first kappa shape index (κ1) is 9.49. The van der Waals surface area contributed by atoms with Crippen LogP contribution < -0.4 is 16.6 Å². The van der Waals surface area contributed by atoms with E-state index in [-0.39, 0.29) is 0 Å². The summed E-state index contributed by atoms with van der Waals surface area (Å²) < 4.78 is 0. The Morgan fingerprint density at radius 3 is 3.00 bits per heavy atom. The van der Waals surface area contributed by atoms with Gasteiger partial charge in [-0.1, -0.05) is 18.6 Å². The third-order valence-corrected chi connectivity index (χ3v) is 2.77. The summed E-state index contributed by atoms with van der Waals surface area (Å²) in [4.78, 5) is 0. The van der Waals surface area contributed by atoms with Crippen LogP contribution in [0.5, 0.6) is 0 Å². The third kappa shape index (κ3) is 2.05. The van der Waals surface area contributed by atoms with Crippen molar-refractivity contribution in [2.24, 2.45) is 5.84 Å². The number of rotatable bonds is 2. The number of benzene rings is 1. The summed E-state index contributed by atoms with van der Waals surface area (Å²) in [7, 11) is 0. The molecule has 3 heteroatoms. The zero-order valence-corrected chi connectivity index (χ0v) is 8.29. The normalized spacial score (nSPS) is 21.9. The molecule has 1 aliphatic heterocycles. The van der Waals surface area contributed by atoms with Crippen molar-refractivity contribution in [3.63, 3.8) is 0 Å². The molecule has 0 radical (unpaired) electrons. The molecule has 1 aliphatic rings. The Balaban J connectivity index is 2.13. The van der Waals surface area contributed by atoms with Crippen molar-refractivity contribution in [2.45, 2.75) is 25.3 Å². The summed E-state index contributed by atoms with van der Waals surface area (Å²) in [6, 6.07) is 8.80. The first-order valence-corrected chi connectivity index (χ1v) is 5.20. The van der Waals surface area contributed by atoms with Crippen molar-refractivity contribution in [3.8, 4) is 0 Å². The largest absolute Gasteiger partial charge is 0.324 e. The van der Waals surface area contributed by atoms with Gasteiger partial charge in [-0.15, -0.1) is 0 Å². The fourth-order valence-electron chi connectivity index (χ4n) is 1.98. The summed E-state index contributed by atoms with van der Waals surface area (Å²) >= 11 is 0. The van der Waals surface area contributed by atoms with E-state index in [1.807, 2.05) is 12.1 Å². The van der Waals surface area contributed by atoms with Crippen molar-refractivity contribution < 1.29 is 0 Å². The molecule has 0 bridgehead atoms. The van der Waals surface area contributed by atoms with Crippen LogP contribution in [-0.4, -0.2) is 6.54 Å². The van der Waals surface area contributed by atoms with Gasteiger partial charge >= 0.3 is 0 Å². The standard InChI is InChI=1S/C11H17N3/c12-14-10-5-3-4-9(8-10)11-6-1-2-7-13-11/h3-5,8,11,13-14H,1-2,6-7,12H2. The highest BCUT2D eigenvalue weighted by atomic mass is 15.2. The quantitative estimate of drug-likeness (QED) is 0.493. The molecule has 0 aliphatic carbocycles. The lowest BCUT2D eigenvalue weighted by Gasteiger charge is -2.24. The predicted octanol–water partition coefficient (Wildman–Crippen LogP) is 1.79. The SMILES string of the molecule is NNc1cccc(C2CCCCN2)c1. The maximum absolute atomic E-state index is 5.38. The van der Waals surface area contributed by atoms with E-state index in [4.69, 9.17) is 5.84 Å². The molecular formula is C11H17N3. The minimum atomic E-state index is 0.511. The Morgan fingerprint density at radius 1 is 1.36 bits per heavy atom. The number of hydrazine groups is 1. The Hall–Kier alpha value is -1.06. The van der Waals surface area contributed by atoms with Crippen molar-refractivity contribution in [1.82, 2.24) is 5.32 Å². The van der Waals surface area contributed by atoms with Gasteiger partial charge in [0.15, 0.2) is 0 Å². The molecule has 1 heterocycles. The van der Waals surface area contributed by atoms with E-state index in [9.17, 15) is 0 Å². The van der Waals surface area contributed by atoms with Gasteiger partial charge < -0.3 is 10.7 Å². The van der Waals surface area contributed by atoms with Crippen LogP contribution in [-0.2, 0) is 0 Å². The number of hydrogen-bond acceptors (Lipinski definition) is 3. The zero-order valence-electron chi connectivity index (χ0n) is 8.29.